The van der Waals surface area contributed by atoms with E-state index in [1.165, 1.54) is 5.56 Å². The summed E-state index contributed by atoms with van der Waals surface area (Å²) in [6, 6.07) is 8.06. The average Bonchev–Trinajstić information content (AvgIpc) is 3.14. The predicted octanol–water partition coefficient (Wildman–Crippen LogP) is 2.74. The van der Waals surface area contributed by atoms with Crippen LogP contribution in [0.15, 0.2) is 29.3 Å². The normalized spacial score (nSPS) is 16.8. The van der Waals surface area contributed by atoms with Crippen LogP contribution in [0, 0.1) is 6.92 Å². The molecule has 1 heterocycles. The molecule has 1 aromatic carbocycles. The summed E-state index contributed by atoms with van der Waals surface area (Å²) in [5.74, 6) is 1.67. The van der Waals surface area contributed by atoms with Crippen molar-refractivity contribution in [3.63, 3.8) is 0 Å². The maximum Gasteiger partial charge on any atom is 0.191 e. The Morgan fingerprint density at radius 2 is 1.96 bits per heavy atom. The molecule has 1 aromatic rings. The summed E-state index contributed by atoms with van der Waals surface area (Å²) >= 11 is 0. The molecule has 0 saturated carbocycles. The van der Waals surface area contributed by atoms with Gasteiger partial charge in [0.15, 0.2) is 5.96 Å². The average molecular weight is 477 g/mol. The number of hydrogen-bond acceptors (Lipinski definition) is 4. The van der Waals surface area contributed by atoms with Crippen LogP contribution in [0.25, 0.3) is 0 Å². The zero-order chi connectivity index (χ0) is 17.7. The largest absolute Gasteiger partial charge is 0.492 e. The Balaban J connectivity index is 0.00000338. The van der Waals surface area contributed by atoms with Crippen molar-refractivity contribution in [2.45, 2.75) is 32.3 Å². The van der Waals surface area contributed by atoms with Gasteiger partial charge in [0, 0.05) is 26.8 Å². The van der Waals surface area contributed by atoms with E-state index in [0.717, 1.165) is 50.7 Å². The van der Waals surface area contributed by atoms with E-state index in [1.54, 1.807) is 7.05 Å². The first kappa shape index (κ1) is 23.0. The minimum absolute atomic E-state index is 0. The molecule has 0 aliphatic carbocycles. The van der Waals surface area contributed by atoms with Gasteiger partial charge in [-0.25, -0.2) is 0 Å². The fourth-order valence-electron chi connectivity index (χ4n) is 2.57. The van der Waals surface area contributed by atoms with Gasteiger partial charge in [-0.1, -0.05) is 17.7 Å². The van der Waals surface area contributed by atoms with E-state index < -0.39 is 0 Å². The standard InChI is InChI=1S/C19H31N3O3.HI/c1-16-6-8-17(9-7-16)25-14-11-22-19(20-2)21-10-4-12-23-15-18-5-3-13-24-18;/h6-9,18H,3-5,10-15H2,1-2H3,(H2,20,21,22);1H. The van der Waals surface area contributed by atoms with Crippen LogP contribution in [0.2, 0.25) is 0 Å². The summed E-state index contributed by atoms with van der Waals surface area (Å²) in [7, 11) is 1.77. The van der Waals surface area contributed by atoms with Crippen LogP contribution in [0.4, 0.5) is 0 Å². The number of aryl methyl sites for hydroxylation is 1. The first-order valence-electron chi connectivity index (χ1n) is 9.11. The van der Waals surface area contributed by atoms with Crippen molar-refractivity contribution >= 4 is 29.9 Å². The molecule has 2 N–H and O–H groups in total. The van der Waals surface area contributed by atoms with Crippen molar-refractivity contribution in [2.75, 3.05) is 46.6 Å². The SMILES string of the molecule is CN=C(NCCCOCC1CCCO1)NCCOc1ccc(C)cc1.I. The lowest BCUT2D eigenvalue weighted by Gasteiger charge is -2.13. The summed E-state index contributed by atoms with van der Waals surface area (Å²) < 4.78 is 16.9. The van der Waals surface area contributed by atoms with Gasteiger partial charge in [-0.05, 0) is 38.3 Å². The molecule has 0 spiro atoms. The molecule has 1 aliphatic heterocycles. The van der Waals surface area contributed by atoms with Crippen LogP contribution in [-0.4, -0.2) is 58.6 Å². The molecule has 0 radical (unpaired) electrons. The third-order valence-corrected chi connectivity index (χ3v) is 3.99. The Bertz CT molecular complexity index is 505. The number of ether oxygens (including phenoxy) is 3. The minimum Gasteiger partial charge on any atom is -0.492 e. The van der Waals surface area contributed by atoms with E-state index in [4.69, 9.17) is 14.2 Å². The van der Waals surface area contributed by atoms with Crippen molar-refractivity contribution in [3.8, 4) is 5.75 Å². The molecule has 1 saturated heterocycles. The van der Waals surface area contributed by atoms with Crippen molar-refractivity contribution in [1.29, 1.82) is 0 Å². The zero-order valence-electron chi connectivity index (χ0n) is 15.8. The summed E-state index contributed by atoms with van der Waals surface area (Å²) in [6.45, 7) is 6.50. The molecule has 1 unspecified atom stereocenters. The van der Waals surface area contributed by atoms with E-state index in [1.807, 2.05) is 24.3 Å². The van der Waals surface area contributed by atoms with E-state index in [-0.39, 0.29) is 24.0 Å². The molecule has 1 atom stereocenters. The van der Waals surface area contributed by atoms with Gasteiger partial charge in [-0.3, -0.25) is 4.99 Å². The predicted molar refractivity (Wildman–Crippen MR) is 116 cm³/mol. The van der Waals surface area contributed by atoms with Crippen LogP contribution in [0.1, 0.15) is 24.8 Å². The molecule has 0 amide bonds. The van der Waals surface area contributed by atoms with Crippen LogP contribution >= 0.6 is 24.0 Å². The highest BCUT2D eigenvalue weighted by molar-refractivity contribution is 14.0. The van der Waals surface area contributed by atoms with Gasteiger partial charge < -0.3 is 24.8 Å². The number of nitrogens with one attached hydrogen (secondary N) is 2. The zero-order valence-corrected chi connectivity index (χ0v) is 18.2. The van der Waals surface area contributed by atoms with Gasteiger partial charge in [-0.2, -0.15) is 0 Å². The van der Waals surface area contributed by atoms with E-state index in [0.29, 0.717) is 25.9 Å². The third-order valence-electron chi connectivity index (χ3n) is 3.99. The molecular weight excluding hydrogens is 445 g/mol. The highest BCUT2D eigenvalue weighted by Crippen LogP contribution is 2.12. The van der Waals surface area contributed by atoms with Gasteiger partial charge in [-0.15, -0.1) is 24.0 Å². The Morgan fingerprint density at radius 3 is 2.65 bits per heavy atom. The summed E-state index contributed by atoms with van der Waals surface area (Å²) in [5.41, 5.74) is 1.23. The smallest absolute Gasteiger partial charge is 0.191 e. The van der Waals surface area contributed by atoms with Gasteiger partial charge in [0.2, 0.25) is 0 Å². The first-order valence-corrected chi connectivity index (χ1v) is 9.11. The van der Waals surface area contributed by atoms with E-state index >= 15 is 0 Å². The Hall–Kier alpha value is -1.06. The summed E-state index contributed by atoms with van der Waals surface area (Å²) in [6.07, 6.45) is 3.52. The maximum atomic E-state index is 5.69. The third kappa shape index (κ3) is 9.59. The number of guanidine groups is 1. The van der Waals surface area contributed by atoms with Crippen LogP contribution in [-0.2, 0) is 9.47 Å². The summed E-state index contributed by atoms with van der Waals surface area (Å²) in [4.78, 5) is 4.20. The Morgan fingerprint density at radius 1 is 1.19 bits per heavy atom. The number of rotatable bonds is 10. The Labute approximate surface area is 174 Å². The van der Waals surface area contributed by atoms with Gasteiger partial charge >= 0.3 is 0 Å². The second kappa shape index (κ2) is 14.1. The molecule has 6 nitrogen and oxygen atoms in total. The van der Waals surface area contributed by atoms with Gasteiger partial charge in [0.05, 0.1) is 19.3 Å². The molecule has 7 heteroatoms. The molecule has 148 valence electrons. The first-order chi connectivity index (χ1) is 12.3. The highest BCUT2D eigenvalue weighted by Gasteiger charge is 2.14. The molecule has 0 bridgehead atoms. The van der Waals surface area contributed by atoms with Crippen LogP contribution < -0.4 is 15.4 Å². The van der Waals surface area contributed by atoms with Crippen molar-refractivity contribution in [3.05, 3.63) is 29.8 Å². The van der Waals surface area contributed by atoms with Gasteiger partial charge in [0.1, 0.15) is 12.4 Å². The number of aliphatic imine (C=N–C) groups is 1. The van der Waals surface area contributed by atoms with Crippen molar-refractivity contribution in [1.82, 2.24) is 10.6 Å². The molecule has 26 heavy (non-hydrogen) atoms. The van der Waals surface area contributed by atoms with Crippen LogP contribution in [0.3, 0.4) is 0 Å². The van der Waals surface area contributed by atoms with E-state index in [2.05, 4.69) is 22.5 Å². The van der Waals surface area contributed by atoms with Crippen LogP contribution in [0.5, 0.6) is 5.75 Å². The van der Waals surface area contributed by atoms with Gasteiger partial charge in [0.25, 0.3) is 0 Å². The highest BCUT2D eigenvalue weighted by atomic mass is 127. The molecule has 0 aromatic heterocycles. The molecule has 1 aliphatic rings. The lowest BCUT2D eigenvalue weighted by molar-refractivity contribution is 0.0168. The lowest BCUT2D eigenvalue weighted by Crippen LogP contribution is -2.39. The minimum atomic E-state index is 0. The molecule has 1 fully saturated rings. The topological polar surface area (TPSA) is 64.1 Å². The quantitative estimate of drug-likeness (QED) is 0.235. The molecule has 2 rings (SSSR count). The number of nitrogens with zero attached hydrogens (tertiary/aromatic N) is 1. The van der Waals surface area contributed by atoms with Crippen molar-refractivity contribution < 1.29 is 14.2 Å². The number of benzene rings is 1. The molecular formula is C19H32IN3O3. The fraction of sp³-hybridized carbons (Fsp3) is 0.632. The maximum absolute atomic E-state index is 5.69. The second-order valence-corrected chi connectivity index (χ2v) is 6.15. The Kier molecular flexibility index (Phi) is 12.4. The van der Waals surface area contributed by atoms with E-state index in [9.17, 15) is 0 Å². The summed E-state index contributed by atoms with van der Waals surface area (Å²) in [5, 5.41) is 6.52. The monoisotopic (exact) mass is 477 g/mol. The lowest BCUT2D eigenvalue weighted by atomic mass is 10.2. The number of halogens is 1. The second-order valence-electron chi connectivity index (χ2n) is 6.15. The van der Waals surface area contributed by atoms with Crippen molar-refractivity contribution in [2.24, 2.45) is 4.99 Å². The fourth-order valence-corrected chi connectivity index (χ4v) is 2.57. The number of hydrogen-bond donors (Lipinski definition) is 2.